The average Bonchev–Trinajstić information content (AvgIpc) is 2.50. The van der Waals surface area contributed by atoms with Crippen LogP contribution in [0.2, 0.25) is 0 Å². The van der Waals surface area contributed by atoms with Gasteiger partial charge in [0, 0.05) is 27.0 Å². The molecule has 0 aromatic heterocycles. The predicted molar refractivity (Wildman–Crippen MR) is 91.0 cm³/mol. The van der Waals surface area contributed by atoms with E-state index in [1.54, 1.807) is 7.11 Å². The largest absolute Gasteiger partial charge is 0.460 e. The standard InChI is InChI=1S/C17H32N2O4/c1-5-6-7-11-19(3,12-14-22-4)13-15-23-17(21)9-8-10-18-16(2)20/h6-7H,5,8-15H2,1-4H3/p+1/b7-6-. The van der Waals surface area contributed by atoms with Crippen LogP contribution in [0.25, 0.3) is 0 Å². The van der Waals surface area contributed by atoms with Crippen molar-refractivity contribution < 1.29 is 23.5 Å². The molecule has 1 atom stereocenters. The third-order valence-electron chi connectivity index (χ3n) is 3.61. The van der Waals surface area contributed by atoms with Crippen molar-refractivity contribution in [2.75, 3.05) is 53.6 Å². The zero-order chi connectivity index (χ0) is 17.6. The molecule has 0 saturated heterocycles. The van der Waals surface area contributed by atoms with Crippen LogP contribution in [0.5, 0.6) is 0 Å². The predicted octanol–water partition coefficient (Wildman–Crippen LogP) is 1.51. The second kappa shape index (κ2) is 13.1. The zero-order valence-electron chi connectivity index (χ0n) is 15.1. The number of methoxy groups -OCH3 is 1. The molecule has 134 valence electrons. The molecule has 1 amide bonds. The first-order valence-electron chi connectivity index (χ1n) is 8.31. The maximum absolute atomic E-state index is 11.7. The van der Waals surface area contributed by atoms with Crippen LogP contribution in [0, 0.1) is 0 Å². The average molecular weight is 329 g/mol. The van der Waals surface area contributed by atoms with Crippen molar-refractivity contribution in [3.63, 3.8) is 0 Å². The minimum absolute atomic E-state index is 0.0790. The van der Waals surface area contributed by atoms with Gasteiger partial charge in [0.2, 0.25) is 5.91 Å². The highest BCUT2D eigenvalue weighted by Crippen LogP contribution is 2.04. The third kappa shape index (κ3) is 12.8. The number of ether oxygens (including phenoxy) is 2. The van der Waals surface area contributed by atoms with Gasteiger partial charge in [0.05, 0.1) is 20.2 Å². The van der Waals surface area contributed by atoms with Crippen molar-refractivity contribution in [2.24, 2.45) is 0 Å². The Bertz CT molecular complexity index is 372. The Hall–Kier alpha value is -1.40. The Kier molecular flexibility index (Phi) is 12.3. The van der Waals surface area contributed by atoms with Gasteiger partial charge in [-0.15, -0.1) is 0 Å². The number of quaternary nitrogens is 1. The minimum Gasteiger partial charge on any atom is -0.460 e. The summed E-state index contributed by atoms with van der Waals surface area (Å²) in [4.78, 5) is 22.4. The lowest BCUT2D eigenvalue weighted by atomic mass is 10.3. The highest BCUT2D eigenvalue weighted by molar-refractivity contribution is 5.73. The number of hydrogen-bond donors (Lipinski definition) is 1. The van der Waals surface area contributed by atoms with Crippen molar-refractivity contribution in [1.82, 2.24) is 5.32 Å². The number of hydrogen-bond acceptors (Lipinski definition) is 4. The topological polar surface area (TPSA) is 64.6 Å². The van der Waals surface area contributed by atoms with Gasteiger partial charge < -0.3 is 19.3 Å². The molecule has 1 unspecified atom stereocenters. The molecule has 0 aliphatic carbocycles. The van der Waals surface area contributed by atoms with Crippen molar-refractivity contribution in [1.29, 1.82) is 0 Å². The number of nitrogens with zero attached hydrogens (tertiary/aromatic N) is 1. The van der Waals surface area contributed by atoms with Crippen LogP contribution in [0.4, 0.5) is 0 Å². The van der Waals surface area contributed by atoms with E-state index < -0.39 is 0 Å². The second-order valence-corrected chi connectivity index (χ2v) is 5.93. The Morgan fingerprint density at radius 2 is 1.87 bits per heavy atom. The fourth-order valence-corrected chi connectivity index (χ4v) is 2.05. The molecule has 0 heterocycles. The third-order valence-corrected chi connectivity index (χ3v) is 3.61. The summed E-state index contributed by atoms with van der Waals surface area (Å²) >= 11 is 0. The SMILES string of the molecule is CC/C=C\C[N+](C)(CCOC)CCOC(=O)CCCNC(C)=O. The van der Waals surface area contributed by atoms with E-state index in [-0.39, 0.29) is 11.9 Å². The van der Waals surface area contributed by atoms with Crippen molar-refractivity contribution in [2.45, 2.75) is 33.1 Å². The molecule has 0 aliphatic rings. The number of amides is 1. The molecule has 0 aliphatic heterocycles. The molecule has 0 aromatic carbocycles. The first-order valence-corrected chi connectivity index (χ1v) is 8.31. The number of allylic oxidation sites excluding steroid dienone is 1. The summed E-state index contributed by atoms with van der Waals surface area (Å²) in [6.07, 6.45) is 6.28. The Balaban J connectivity index is 4.06. The fourth-order valence-electron chi connectivity index (χ4n) is 2.05. The van der Waals surface area contributed by atoms with Crippen LogP contribution in [-0.4, -0.2) is 69.9 Å². The van der Waals surface area contributed by atoms with E-state index in [9.17, 15) is 9.59 Å². The number of likely N-dealkylation sites (N-methyl/N-ethyl adjacent to an activating group) is 1. The van der Waals surface area contributed by atoms with Gasteiger partial charge in [-0.25, -0.2) is 0 Å². The Morgan fingerprint density at radius 1 is 1.17 bits per heavy atom. The lowest BCUT2D eigenvalue weighted by Crippen LogP contribution is -2.48. The molecule has 0 aromatic rings. The van der Waals surface area contributed by atoms with Crippen LogP contribution < -0.4 is 5.32 Å². The van der Waals surface area contributed by atoms with Gasteiger partial charge in [0.1, 0.15) is 19.7 Å². The van der Waals surface area contributed by atoms with Gasteiger partial charge >= 0.3 is 5.97 Å². The zero-order valence-corrected chi connectivity index (χ0v) is 15.1. The van der Waals surface area contributed by atoms with Gasteiger partial charge in [-0.05, 0) is 18.9 Å². The molecule has 6 heteroatoms. The monoisotopic (exact) mass is 329 g/mol. The molecule has 0 radical (unpaired) electrons. The van der Waals surface area contributed by atoms with E-state index >= 15 is 0 Å². The first-order chi connectivity index (χ1) is 10.9. The van der Waals surface area contributed by atoms with Gasteiger partial charge in [-0.2, -0.15) is 0 Å². The van der Waals surface area contributed by atoms with E-state index in [2.05, 4.69) is 31.4 Å². The maximum Gasteiger partial charge on any atom is 0.306 e. The van der Waals surface area contributed by atoms with Gasteiger partial charge in [-0.1, -0.05) is 13.0 Å². The minimum atomic E-state index is -0.210. The maximum atomic E-state index is 11.7. The number of nitrogens with one attached hydrogen (secondary N) is 1. The lowest BCUT2D eigenvalue weighted by molar-refractivity contribution is -0.904. The summed E-state index contributed by atoms with van der Waals surface area (Å²) in [5.41, 5.74) is 0. The van der Waals surface area contributed by atoms with E-state index in [0.717, 1.165) is 30.5 Å². The summed E-state index contributed by atoms with van der Waals surface area (Å²) in [5.74, 6) is -0.289. The molecule has 0 saturated carbocycles. The molecule has 6 nitrogen and oxygen atoms in total. The summed E-state index contributed by atoms with van der Waals surface area (Å²) < 4.78 is 11.3. The molecule has 0 rings (SSSR count). The molecule has 0 spiro atoms. The van der Waals surface area contributed by atoms with E-state index in [0.29, 0.717) is 32.6 Å². The quantitative estimate of drug-likeness (QED) is 0.241. The van der Waals surface area contributed by atoms with Gasteiger partial charge in [-0.3, -0.25) is 9.59 Å². The summed E-state index contributed by atoms with van der Waals surface area (Å²) in [6.45, 7) is 7.70. The van der Waals surface area contributed by atoms with E-state index in [1.807, 2.05) is 0 Å². The summed E-state index contributed by atoms with van der Waals surface area (Å²) in [7, 11) is 3.84. The van der Waals surface area contributed by atoms with Crippen LogP contribution in [0.1, 0.15) is 33.1 Å². The highest BCUT2D eigenvalue weighted by atomic mass is 16.5. The lowest BCUT2D eigenvalue weighted by Gasteiger charge is -2.33. The Labute approximate surface area is 140 Å². The smallest absolute Gasteiger partial charge is 0.306 e. The van der Waals surface area contributed by atoms with Gasteiger partial charge in [0.15, 0.2) is 0 Å². The summed E-state index contributed by atoms with van der Waals surface area (Å²) in [6, 6.07) is 0. The van der Waals surface area contributed by atoms with Crippen molar-refractivity contribution in [3.8, 4) is 0 Å². The molecule has 0 bridgehead atoms. The van der Waals surface area contributed by atoms with Crippen LogP contribution in [0.15, 0.2) is 12.2 Å². The first kappa shape index (κ1) is 21.6. The normalized spacial score (nSPS) is 13.7. The molecular weight excluding hydrogens is 296 g/mol. The van der Waals surface area contributed by atoms with Crippen molar-refractivity contribution >= 4 is 11.9 Å². The number of carbonyl (C=O) groups excluding carboxylic acids is 2. The second-order valence-electron chi connectivity index (χ2n) is 5.93. The van der Waals surface area contributed by atoms with Crippen LogP contribution in [0.3, 0.4) is 0 Å². The van der Waals surface area contributed by atoms with E-state index in [4.69, 9.17) is 9.47 Å². The van der Waals surface area contributed by atoms with Crippen LogP contribution in [-0.2, 0) is 19.1 Å². The molecule has 23 heavy (non-hydrogen) atoms. The molecule has 1 N–H and O–H groups in total. The number of esters is 1. The van der Waals surface area contributed by atoms with Gasteiger partial charge in [0.25, 0.3) is 0 Å². The molecular formula is C17H33N2O4+. The fraction of sp³-hybridized carbons (Fsp3) is 0.765. The number of carbonyl (C=O) groups is 2. The highest BCUT2D eigenvalue weighted by Gasteiger charge is 2.20. The Morgan fingerprint density at radius 3 is 2.48 bits per heavy atom. The number of rotatable bonds is 13. The van der Waals surface area contributed by atoms with E-state index in [1.165, 1.54) is 6.92 Å². The molecule has 0 fully saturated rings. The van der Waals surface area contributed by atoms with Crippen molar-refractivity contribution in [3.05, 3.63) is 12.2 Å². The summed E-state index contributed by atoms with van der Waals surface area (Å²) in [5, 5.41) is 2.66. The van der Waals surface area contributed by atoms with Crippen LogP contribution >= 0.6 is 0 Å².